The first kappa shape index (κ1) is 23.7. The van der Waals surface area contributed by atoms with E-state index >= 15 is 0 Å². The van der Waals surface area contributed by atoms with Crippen molar-refractivity contribution in [1.29, 1.82) is 10.5 Å². The molecule has 0 aliphatic heterocycles. The van der Waals surface area contributed by atoms with Gasteiger partial charge in [-0.2, -0.15) is 10.5 Å². The highest BCUT2D eigenvalue weighted by atomic mass is 28.4. The first-order chi connectivity index (χ1) is 11.7. The number of carbonyl (C=O) groups excluding carboxylic acids is 1. The van der Waals surface area contributed by atoms with E-state index in [0.717, 1.165) is 0 Å². The first-order valence-corrected chi connectivity index (χ1v) is 10.4. The molecule has 0 spiro atoms. The van der Waals surface area contributed by atoms with Gasteiger partial charge in [0.15, 0.2) is 0 Å². The SMILES string of the molecule is CC(C)(CC(C#N)CCC#N)C(=O)OCCOCCO[Si](O)(O)O[SiH3]. The number of esters is 1. The van der Waals surface area contributed by atoms with Gasteiger partial charge in [-0.15, -0.1) is 0 Å². The van der Waals surface area contributed by atoms with Gasteiger partial charge in [-0.3, -0.25) is 4.79 Å². The van der Waals surface area contributed by atoms with Gasteiger partial charge in [0, 0.05) is 12.3 Å². The number of nitriles is 2. The van der Waals surface area contributed by atoms with Gasteiger partial charge in [-0.1, -0.05) is 0 Å². The van der Waals surface area contributed by atoms with Crippen LogP contribution < -0.4 is 0 Å². The molecule has 2 N–H and O–H groups in total. The van der Waals surface area contributed by atoms with Gasteiger partial charge < -0.3 is 27.6 Å². The summed E-state index contributed by atoms with van der Waals surface area (Å²) in [5.41, 5.74) is -0.833. The summed E-state index contributed by atoms with van der Waals surface area (Å²) >= 11 is 0. The molecule has 0 aliphatic carbocycles. The maximum Gasteiger partial charge on any atom is 0.662 e. The first-order valence-electron chi connectivity index (χ1n) is 7.84. The van der Waals surface area contributed by atoms with Crippen molar-refractivity contribution in [2.24, 2.45) is 11.3 Å². The molecule has 0 aromatic rings. The van der Waals surface area contributed by atoms with Crippen molar-refractivity contribution in [3.8, 4) is 12.1 Å². The lowest BCUT2D eigenvalue weighted by Crippen LogP contribution is -2.43. The second-order valence-electron chi connectivity index (χ2n) is 5.96. The molecule has 0 radical (unpaired) electrons. The highest BCUT2D eigenvalue weighted by Crippen LogP contribution is 2.29. The van der Waals surface area contributed by atoms with E-state index in [1.54, 1.807) is 13.8 Å². The van der Waals surface area contributed by atoms with E-state index in [2.05, 4.69) is 10.2 Å². The van der Waals surface area contributed by atoms with E-state index in [9.17, 15) is 4.79 Å². The van der Waals surface area contributed by atoms with E-state index in [1.807, 2.05) is 6.07 Å². The largest absolute Gasteiger partial charge is 0.662 e. The minimum Gasteiger partial charge on any atom is -0.463 e. The second kappa shape index (κ2) is 12.1. The third-order valence-corrected chi connectivity index (χ3v) is 6.05. The Morgan fingerprint density at radius 2 is 1.88 bits per heavy atom. The van der Waals surface area contributed by atoms with Gasteiger partial charge in [-0.25, -0.2) is 0 Å². The lowest BCUT2D eigenvalue weighted by atomic mass is 9.81. The number of nitrogens with zero attached hydrogens (tertiary/aromatic N) is 2. The van der Waals surface area contributed by atoms with Crippen LogP contribution in [0.2, 0.25) is 0 Å². The average Bonchev–Trinajstić information content (AvgIpc) is 2.57. The topological polar surface area (TPSA) is 142 Å². The summed E-state index contributed by atoms with van der Waals surface area (Å²) < 4.78 is 19.5. The molecule has 142 valence electrons. The van der Waals surface area contributed by atoms with E-state index in [-0.39, 0.29) is 49.3 Å². The molecule has 1 atom stereocenters. The third-order valence-electron chi connectivity index (χ3n) is 3.34. The zero-order chi connectivity index (χ0) is 19.3. The van der Waals surface area contributed by atoms with Crippen LogP contribution in [-0.2, 0) is 22.8 Å². The van der Waals surface area contributed by atoms with Crippen molar-refractivity contribution >= 4 is 25.5 Å². The molecule has 1 unspecified atom stereocenters. The van der Waals surface area contributed by atoms with E-state index < -0.39 is 20.4 Å². The van der Waals surface area contributed by atoms with Crippen LogP contribution in [0, 0.1) is 34.0 Å². The molecule has 0 heterocycles. The number of carbonyl (C=O) groups is 1. The molecule has 0 saturated heterocycles. The predicted molar refractivity (Wildman–Crippen MR) is 91.3 cm³/mol. The Kier molecular flexibility index (Phi) is 11.5. The van der Waals surface area contributed by atoms with Crippen molar-refractivity contribution in [3.05, 3.63) is 0 Å². The molecule has 0 fully saturated rings. The number of rotatable bonds is 13. The number of ether oxygens (including phenoxy) is 2. The van der Waals surface area contributed by atoms with Crippen LogP contribution in [0.25, 0.3) is 0 Å². The highest BCUT2D eigenvalue weighted by Gasteiger charge is 2.34. The maximum absolute atomic E-state index is 12.1. The molecule has 0 saturated carbocycles. The summed E-state index contributed by atoms with van der Waals surface area (Å²) in [6.45, 7) is 3.63. The summed E-state index contributed by atoms with van der Waals surface area (Å²) in [7, 11) is -3.81. The molecule has 0 bridgehead atoms. The Morgan fingerprint density at radius 3 is 2.44 bits per heavy atom. The average molecular weight is 391 g/mol. The minimum atomic E-state index is -3.97. The van der Waals surface area contributed by atoms with Crippen molar-refractivity contribution in [2.45, 2.75) is 33.1 Å². The van der Waals surface area contributed by atoms with Crippen LogP contribution in [0.3, 0.4) is 0 Å². The molecular formula is C14H26N2O7Si2. The Labute approximate surface area is 152 Å². The molecule has 0 rings (SSSR count). The van der Waals surface area contributed by atoms with E-state index in [0.29, 0.717) is 12.8 Å². The van der Waals surface area contributed by atoms with Gasteiger partial charge in [0.1, 0.15) is 17.1 Å². The van der Waals surface area contributed by atoms with E-state index in [1.165, 1.54) is 0 Å². The molecule has 9 nitrogen and oxygen atoms in total. The molecule has 11 heteroatoms. The van der Waals surface area contributed by atoms with Gasteiger partial charge in [0.05, 0.1) is 37.4 Å². The normalized spacial score (nSPS) is 13.0. The van der Waals surface area contributed by atoms with Crippen molar-refractivity contribution in [3.63, 3.8) is 0 Å². The van der Waals surface area contributed by atoms with Gasteiger partial charge in [-0.05, 0) is 26.7 Å². The fourth-order valence-corrected chi connectivity index (χ4v) is 2.75. The standard InChI is InChI=1S/C14H26N2O7Si2/c1-14(2,10-12(11-16)4-3-5-15)13(17)21-8-6-20-7-9-22-25(18,19)23-24/h12,18-19H,3-4,6-10H2,1-2,24H3. The molecule has 0 aromatic carbocycles. The number of hydrogen-bond acceptors (Lipinski definition) is 9. The maximum atomic E-state index is 12.1. The number of hydrogen-bond donors (Lipinski definition) is 2. The Morgan fingerprint density at radius 1 is 1.24 bits per heavy atom. The minimum absolute atomic E-state index is 0.0374. The van der Waals surface area contributed by atoms with Crippen molar-refractivity contribution < 1.29 is 32.4 Å². The van der Waals surface area contributed by atoms with Crippen LogP contribution in [0.5, 0.6) is 0 Å². The molecular weight excluding hydrogens is 364 g/mol. The summed E-state index contributed by atoms with van der Waals surface area (Å²) in [6.07, 6.45) is 1.02. The van der Waals surface area contributed by atoms with E-state index in [4.69, 9.17) is 34.0 Å². The second-order valence-corrected chi connectivity index (χ2v) is 8.98. The van der Waals surface area contributed by atoms with Crippen LogP contribution in [0.1, 0.15) is 33.1 Å². The third kappa shape index (κ3) is 11.0. The van der Waals surface area contributed by atoms with Crippen LogP contribution >= 0.6 is 0 Å². The molecule has 25 heavy (non-hydrogen) atoms. The van der Waals surface area contributed by atoms with Gasteiger partial charge in [0.25, 0.3) is 0 Å². The Balaban J connectivity index is 4.00. The van der Waals surface area contributed by atoms with Crippen molar-refractivity contribution in [1.82, 2.24) is 0 Å². The van der Waals surface area contributed by atoms with Gasteiger partial charge >= 0.3 is 15.0 Å². The molecule has 0 aromatic heterocycles. The fourth-order valence-electron chi connectivity index (χ4n) is 1.93. The fraction of sp³-hybridized carbons (Fsp3) is 0.786. The van der Waals surface area contributed by atoms with Crippen LogP contribution in [0.4, 0.5) is 0 Å². The van der Waals surface area contributed by atoms with Crippen LogP contribution in [0.15, 0.2) is 0 Å². The molecule has 0 amide bonds. The highest BCUT2D eigenvalue weighted by molar-refractivity contribution is 6.54. The lowest BCUT2D eigenvalue weighted by molar-refractivity contribution is -0.156. The smallest absolute Gasteiger partial charge is 0.463 e. The summed E-state index contributed by atoms with van der Waals surface area (Å²) in [5.74, 6) is -0.813. The molecule has 0 aliphatic rings. The van der Waals surface area contributed by atoms with Crippen LogP contribution in [-0.4, -0.2) is 61.5 Å². The zero-order valence-electron chi connectivity index (χ0n) is 14.9. The van der Waals surface area contributed by atoms with Crippen molar-refractivity contribution in [2.75, 3.05) is 26.4 Å². The van der Waals surface area contributed by atoms with Gasteiger partial charge in [0.2, 0.25) is 0 Å². The Bertz CT molecular complexity index is 489. The summed E-state index contributed by atoms with van der Waals surface area (Å²) in [4.78, 5) is 30.4. The lowest BCUT2D eigenvalue weighted by Gasteiger charge is -2.24. The predicted octanol–water partition coefficient (Wildman–Crippen LogP) is -0.860. The summed E-state index contributed by atoms with van der Waals surface area (Å²) in [6, 6.07) is 4.10. The quantitative estimate of drug-likeness (QED) is 0.233. The zero-order valence-corrected chi connectivity index (χ0v) is 17.9. The monoisotopic (exact) mass is 390 g/mol. The Hall–Kier alpha value is -1.32. The summed E-state index contributed by atoms with van der Waals surface area (Å²) in [5, 5.41) is 17.7.